The molecule has 0 saturated carbocycles. The fourth-order valence-corrected chi connectivity index (χ4v) is 4.40. The van der Waals surface area contributed by atoms with Crippen LogP contribution in [0.3, 0.4) is 0 Å². The third-order valence-electron chi connectivity index (χ3n) is 4.66. The highest BCUT2D eigenvalue weighted by molar-refractivity contribution is 7.20. The molecule has 3 aromatic rings. The molecule has 0 aromatic carbocycles. The maximum atomic E-state index is 12.5. The second-order valence-corrected chi connectivity index (χ2v) is 7.53. The van der Waals surface area contributed by atoms with Gasteiger partial charge in [0.25, 0.3) is 5.91 Å². The summed E-state index contributed by atoms with van der Waals surface area (Å²) in [6.07, 6.45) is 5.88. The minimum absolute atomic E-state index is 0.00960. The minimum atomic E-state index is 0.00960. The topological polar surface area (TPSA) is 73.1 Å². The Balaban J connectivity index is 1.35. The van der Waals surface area contributed by atoms with Gasteiger partial charge in [-0.15, -0.1) is 11.3 Å². The molecule has 0 radical (unpaired) electrons. The van der Waals surface area contributed by atoms with Crippen LogP contribution in [0.5, 0.6) is 0 Å². The van der Waals surface area contributed by atoms with Crippen molar-refractivity contribution < 1.29 is 4.79 Å². The van der Waals surface area contributed by atoms with Gasteiger partial charge in [-0.1, -0.05) is 0 Å². The Bertz CT molecular complexity index is 863. The molecule has 0 unspecified atom stereocenters. The Morgan fingerprint density at radius 2 is 2.32 bits per heavy atom. The zero-order valence-electron chi connectivity index (χ0n) is 14.2. The average Bonchev–Trinajstić information content (AvgIpc) is 2.88. The van der Waals surface area contributed by atoms with E-state index in [9.17, 15) is 4.79 Å². The maximum Gasteiger partial charge on any atom is 0.261 e. The van der Waals surface area contributed by atoms with Gasteiger partial charge in [-0.25, -0.2) is 4.98 Å². The lowest BCUT2D eigenvalue weighted by Gasteiger charge is -2.19. The molecule has 1 amide bonds. The maximum absolute atomic E-state index is 12.5. The molecule has 1 fully saturated rings. The number of H-pyrrole nitrogens is 1. The van der Waals surface area contributed by atoms with Crippen LogP contribution in [0.4, 0.5) is 0 Å². The van der Waals surface area contributed by atoms with Crippen LogP contribution >= 0.6 is 11.3 Å². The summed E-state index contributed by atoms with van der Waals surface area (Å²) in [5.41, 5.74) is 0.877. The standard InChI is InChI=1S/C18H23N5OS/c24-18(21-5-2-9-23-8-1-4-19-7-10-23)15-11-13-12-22-17-16(13)14(25-15)3-6-20-17/h3,6,11-12,19H,1-2,4-5,7-10H2,(H,20,22)(H,21,24). The lowest BCUT2D eigenvalue weighted by Crippen LogP contribution is -2.32. The Labute approximate surface area is 150 Å². The van der Waals surface area contributed by atoms with Gasteiger partial charge in [-0.2, -0.15) is 0 Å². The first kappa shape index (κ1) is 16.5. The van der Waals surface area contributed by atoms with Crippen LogP contribution < -0.4 is 10.6 Å². The summed E-state index contributed by atoms with van der Waals surface area (Å²) < 4.78 is 1.09. The van der Waals surface area contributed by atoms with Crippen LogP contribution in [0.25, 0.3) is 21.1 Å². The van der Waals surface area contributed by atoms with Crippen molar-refractivity contribution in [2.75, 3.05) is 39.3 Å². The number of carbonyl (C=O) groups excluding carboxylic acids is 1. The van der Waals surface area contributed by atoms with Crippen LogP contribution in [0, 0.1) is 0 Å². The van der Waals surface area contributed by atoms with E-state index in [1.54, 1.807) is 0 Å². The van der Waals surface area contributed by atoms with E-state index in [4.69, 9.17) is 0 Å². The van der Waals surface area contributed by atoms with Gasteiger partial charge in [0, 0.05) is 47.5 Å². The number of carbonyl (C=O) groups is 1. The summed E-state index contributed by atoms with van der Waals surface area (Å²) in [7, 11) is 0. The number of nitrogens with zero attached hydrogens (tertiary/aromatic N) is 2. The molecule has 1 aliphatic heterocycles. The van der Waals surface area contributed by atoms with Gasteiger partial charge >= 0.3 is 0 Å². The number of pyridine rings is 1. The first-order valence-electron chi connectivity index (χ1n) is 8.88. The van der Waals surface area contributed by atoms with Gasteiger partial charge in [-0.05, 0) is 44.6 Å². The van der Waals surface area contributed by atoms with Crippen molar-refractivity contribution in [3.8, 4) is 0 Å². The number of aromatic amines is 1. The summed E-state index contributed by atoms with van der Waals surface area (Å²) in [4.78, 5) is 23.2. The van der Waals surface area contributed by atoms with Gasteiger partial charge in [0.1, 0.15) is 5.65 Å². The fourth-order valence-electron chi connectivity index (χ4n) is 3.36. The molecule has 0 bridgehead atoms. The van der Waals surface area contributed by atoms with E-state index in [2.05, 4.69) is 25.5 Å². The van der Waals surface area contributed by atoms with Gasteiger partial charge in [0.2, 0.25) is 0 Å². The number of hydrogen-bond donors (Lipinski definition) is 3. The van der Waals surface area contributed by atoms with E-state index in [0.29, 0.717) is 6.54 Å². The predicted molar refractivity (Wildman–Crippen MR) is 102 cm³/mol. The van der Waals surface area contributed by atoms with Crippen LogP contribution in [0.1, 0.15) is 22.5 Å². The summed E-state index contributed by atoms with van der Waals surface area (Å²) in [5.74, 6) is 0.00960. The highest BCUT2D eigenvalue weighted by atomic mass is 32.1. The zero-order valence-corrected chi connectivity index (χ0v) is 15.0. The number of nitrogens with one attached hydrogen (secondary N) is 3. The van der Waals surface area contributed by atoms with Gasteiger partial charge in [-0.3, -0.25) is 4.79 Å². The number of hydrogen-bond acceptors (Lipinski definition) is 5. The summed E-state index contributed by atoms with van der Waals surface area (Å²) >= 11 is 1.52. The van der Waals surface area contributed by atoms with Gasteiger partial charge < -0.3 is 20.5 Å². The smallest absolute Gasteiger partial charge is 0.261 e. The van der Waals surface area contributed by atoms with Crippen LogP contribution in [0.15, 0.2) is 24.5 Å². The highest BCUT2D eigenvalue weighted by Crippen LogP contribution is 2.30. The Hall–Kier alpha value is -1.96. The monoisotopic (exact) mass is 357 g/mol. The molecule has 4 rings (SSSR count). The quantitative estimate of drug-likeness (QED) is 0.612. The Kier molecular flexibility index (Phi) is 4.96. The molecule has 0 aliphatic carbocycles. The predicted octanol–water partition coefficient (Wildman–Crippen LogP) is 2.19. The Morgan fingerprint density at radius 3 is 3.28 bits per heavy atom. The molecule has 1 aliphatic rings. The van der Waals surface area contributed by atoms with E-state index < -0.39 is 0 Å². The van der Waals surface area contributed by atoms with E-state index >= 15 is 0 Å². The Morgan fingerprint density at radius 1 is 1.36 bits per heavy atom. The molecule has 1 saturated heterocycles. The molecule has 6 nitrogen and oxygen atoms in total. The normalized spacial score (nSPS) is 16.3. The van der Waals surface area contributed by atoms with E-state index in [-0.39, 0.29) is 5.91 Å². The molecular weight excluding hydrogens is 334 g/mol. The lowest BCUT2D eigenvalue weighted by molar-refractivity contribution is 0.0955. The first-order chi connectivity index (χ1) is 12.3. The van der Waals surface area contributed by atoms with Crippen molar-refractivity contribution in [1.29, 1.82) is 0 Å². The van der Waals surface area contributed by atoms with Gasteiger partial charge in [0.15, 0.2) is 0 Å². The average molecular weight is 357 g/mol. The molecule has 132 valence electrons. The van der Waals surface area contributed by atoms with Crippen molar-refractivity contribution in [3.63, 3.8) is 0 Å². The van der Waals surface area contributed by atoms with E-state index in [1.165, 1.54) is 17.8 Å². The van der Waals surface area contributed by atoms with Crippen LogP contribution in [0.2, 0.25) is 0 Å². The summed E-state index contributed by atoms with van der Waals surface area (Å²) in [6, 6.07) is 3.95. The van der Waals surface area contributed by atoms with Crippen LogP contribution in [-0.4, -0.2) is 60.0 Å². The minimum Gasteiger partial charge on any atom is -0.351 e. The molecule has 3 aromatic heterocycles. The third-order valence-corrected chi connectivity index (χ3v) is 5.74. The van der Waals surface area contributed by atoms with Gasteiger partial charge in [0.05, 0.1) is 4.88 Å². The summed E-state index contributed by atoms with van der Waals surface area (Å²) in [5, 5.41) is 8.60. The number of amides is 1. The molecule has 7 heteroatoms. The molecular formula is C18H23N5OS. The number of aromatic nitrogens is 2. The SMILES string of the molecule is O=C(NCCCN1CCCNCC1)c1cc2cnc3[nH]ccc(s1)c23. The van der Waals surface area contributed by atoms with E-state index in [1.807, 2.05) is 24.5 Å². The van der Waals surface area contributed by atoms with Crippen molar-refractivity contribution in [2.24, 2.45) is 0 Å². The third kappa shape index (κ3) is 3.68. The first-order valence-corrected chi connectivity index (χ1v) is 9.70. The molecule has 0 spiro atoms. The second kappa shape index (κ2) is 7.51. The molecule has 3 N–H and O–H groups in total. The molecule has 25 heavy (non-hydrogen) atoms. The van der Waals surface area contributed by atoms with Crippen molar-refractivity contribution in [3.05, 3.63) is 29.4 Å². The molecule has 4 heterocycles. The van der Waals surface area contributed by atoms with Crippen LogP contribution in [-0.2, 0) is 0 Å². The van der Waals surface area contributed by atoms with Crippen molar-refractivity contribution in [2.45, 2.75) is 12.8 Å². The zero-order chi connectivity index (χ0) is 17.1. The molecule has 0 atom stereocenters. The second-order valence-electron chi connectivity index (χ2n) is 6.44. The fraction of sp³-hybridized carbons (Fsp3) is 0.444. The van der Waals surface area contributed by atoms with E-state index in [0.717, 1.165) is 65.1 Å². The summed E-state index contributed by atoms with van der Waals surface area (Å²) in [6.45, 7) is 6.18. The largest absolute Gasteiger partial charge is 0.351 e. The number of rotatable bonds is 5. The van der Waals surface area contributed by atoms with Crippen molar-refractivity contribution >= 4 is 38.4 Å². The van der Waals surface area contributed by atoms with Crippen molar-refractivity contribution in [1.82, 2.24) is 25.5 Å². The highest BCUT2D eigenvalue weighted by Gasteiger charge is 2.13. The lowest BCUT2D eigenvalue weighted by atomic mass is 10.2.